The average Bonchev–Trinajstić information content (AvgIpc) is 3.36. The van der Waals surface area contributed by atoms with Gasteiger partial charge in [0.1, 0.15) is 5.01 Å². The van der Waals surface area contributed by atoms with Gasteiger partial charge in [-0.2, -0.15) is 0 Å². The molecule has 0 saturated heterocycles. The van der Waals surface area contributed by atoms with Crippen molar-refractivity contribution in [2.75, 3.05) is 7.05 Å². The van der Waals surface area contributed by atoms with Gasteiger partial charge in [0, 0.05) is 30.7 Å². The van der Waals surface area contributed by atoms with E-state index in [1.54, 1.807) is 16.2 Å². The first-order valence-corrected chi connectivity index (χ1v) is 9.31. The molecule has 0 N–H and O–H groups in total. The van der Waals surface area contributed by atoms with E-state index in [1.165, 1.54) is 0 Å². The summed E-state index contributed by atoms with van der Waals surface area (Å²) in [6.07, 6.45) is 3.94. The highest BCUT2D eigenvalue weighted by Crippen LogP contribution is 2.29. The molecule has 0 unspecified atom stereocenters. The van der Waals surface area contributed by atoms with Crippen molar-refractivity contribution < 1.29 is 4.79 Å². The van der Waals surface area contributed by atoms with Crippen molar-refractivity contribution in [3.63, 3.8) is 0 Å². The fourth-order valence-corrected chi connectivity index (χ4v) is 3.98. The Kier molecular flexibility index (Phi) is 4.31. The van der Waals surface area contributed by atoms with Gasteiger partial charge < -0.3 is 9.47 Å². The molecule has 2 aromatic heterocycles. The maximum atomic E-state index is 13.0. The third-order valence-electron chi connectivity index (χ3n) is 4.56. The SMILES string of the molecule is C[C@H](c1nc2ccccc2s1)N(C)C(=O)c1cccc(-n2cccc2)c1. The number of thiazole rings is 1. The summed E-state index contributed by atoms with van der Waals surface area (Å²) in [7, 11) is 1.83. The van der Waals surface area contributed by atoms with Crippen LogP contribution in [0.5, 0.6) is 0 Å². The Balaban J connectivity index is 1.60. The second-order valence-electron chi connectivity index (χ2n) is 6.25. The van der Waals surface area contributed by atoms with Gasteiger partial charge in [0.2, 0.25) is 0 Å². The zero-order chi connectivity index (χ0) is 18.1. The lowest BCUT2D eigenvalue weighted by Gasteiger charge is -2.23. The van der Waals surface area contributed by atoms with Crippen LogP contribution in [-0.2, 0) is 0 Å². The Morgan fingerprint density at radius 2 is 1.85 bits per heavy atom. The minimum atomic E-state index is -0.0878. The number of aromatic nitrogens is 2. The monoisotopic (exact) mass is 361 g/mol. The van der Waals surface area contributed by atoms with Crippen LogP contribution in [0.2, 0.25) is 0 Å². The van der Waals surface area contributed by atoms with Gasteiger partial charge in [-0.25, -0.2) is 4.98 Å². The normalized spacial score (nSPS) is 12.2. The first-order chi connectivity index (χ1) is 12.6. The van der Waals surface area contributed by atoms with Crippen molar-refractivity contribution in [2.45, 2.75) is 13.0 Å². The fourth-order valence-electron chi connectivity index (χ4n) is 2.92. The van der Waals surface area contributed by atoms with Crippen LogP contribution >= 0.6 is 11.3 Å². The number of hydrogen-bond donors (Lipinski definition) is 0. The molecule has 0 fully saturated rings. The summed E-state index contributed by atoms with van der Waals surface area (Å²) in [5.41, 5.74) is 2.63. The molecule has 0 bridgehead atoms. The van der Waals surface area contributed by atoms with Gasteiger partial charge >= 0.3 is 0 Å². The van der Waals surface area contributed by atoms with E-state index < -0.39 is 0 Å². The summed E-state index contributed by atoms with van der Waals surface area (Å²) >= 11 is 1.64. The van der Waals surface area contributed by atoms with Crippen LogP contribution in [0, 0.1) is 0 Å². The Labute approximate surface area is 156 Å². The Bertz CT molecular complexity index is 1020. The quantitative estimate of drug-likeness (QED) is 0.517. The van der Waals surface area contributed by atoms with E-state index in [2.05, 4.69) is 11.1 Å². The molecule has 4 rings (SSSR count). The van der Waals surface area contributed by atoms with Crippen molar-refractivity contribution >= 4 is 27.5 Å². The van der Waals surface area contributed by atoms with Gasteiger partial charge in [0.15, 0.2) is 0 Å². The molecule has 2 aromatic carbocycles. The minimum Gasteiger partial charge on any atom is -0.333 e. The minimum absolute atomic E-state index is 0.00855. The summed E-state index contributed by atoms with van der Waals surface area (Å²) in [6.45, 7) is 2.02. The van der Waals surface area contributed by atoms with Gasteiger partial charge in [0.25, 0.3) is 5.91 Å². The van der Waals surface area contributed by atoms with E-state index in [4.69, 9.17) is 0 Å². The highest BCUT2D eigenvalue weighted by atomic mass is 32.1. The van der Waals surface area contributed by atoms with E-state index >= 15 is 0 Å². The number of fused-ring (bicyclic) bond motifs is 1. The zero-order valence-electron chi connectivity index (χ0n) is 14.7. The van der Waals surface area contributed by atoms with E-state index in [9.17, 15) is 4.79 Å². The standard InChI is InChI=1S/C21H19N3OS/c1-15(20-22-18-10-3-4-11-19(18)26-20)23(2)21(25)16-8-7-9-17(14-16)24-12-5-6-13-24/h3-15H,1-2H3/t15-/m1/s1. The van der Waals surface area contributed by atoms with Crippen molar-refractivity contribution in [3.8, 4) is 5.69 Å². The van der Waals surface area contributed by atoms with Crippen molar-refractivity contribution in [3.05, 3.63) is 83.6 Å². The molecular weight excluding hydrogens is 342 g/mol. The molecule has 4 nitrogen and oxygen atoms in total. The second kappa shape index (κ2) is 6.77. The molecular formula is C21H19N3OS. The van der Waals surface area contributed by atoms with Gasteiger partial charge in [-0.3, -0.25) is 4.79 Å². The molecule has 0 saturated carbocycles. The van der Waals surface area contributed by atoms with Gasteiger partial charge in [-0.15, -0.1) is 11.3 Å². The summed E-state index contributed by atoms with van der Waals surface area (Å²) in [6, 6.07) is 19.6. The maximum Gasteiger partial charge on any atom is 0.254 e. The number of hydrogen-bond acceptors (Lipinski definition) is 3. The fraction of sp³-hybridized carbons (Fsp3) is 0.143. The summed E-state index contributed by atoms with van der Waals surface area (Å²) in [4.78, 5) is 19.4. The molecule has 26 heavy (non-hydrogen) atoms. The van der Waals surface area contributed by atoms with Crippen molar-refractivity contribution in [1.29, 1.82) is 0 Å². The van der Waals surface area contributed by atoms with Crippen LogP contribution < -0.4 is 0 Å². The summed E-state index contributed by atoms with van der Waals surface area (Å²) < 4.78 is 3.14. The molecule has 1 amide bonds. The molecule has 0 spiro atoms. The largest absolute Gasteiger partial charge is 0.333 e. The number of carbonyl (C=O) groups is 1. The Morgan fingerprint density at radius 1 is 1.08 bits per heavy atom. The first-order valence-electron chi connectivity index (χ1n) is 8.49. The zero-order valence-corrected chi connectivity index (χ0v) is 15.5. The number of carbonyl (C=O) groups excluding carboxylic acids is 1. The predicted octanol–water partition coefficient (Wildman–Crippen LogP) is 4.92. The van der Waals surface area contributed by atoms with Crippen LogP contribution in [0.1, 0.15) is 28.3 Å². The van der Waals surface area contributed by atoms with Gasteiger partial charge in [0.05, 0.1) is 16.3 Å². The maximum absolute atomic E-state index is 13.0. The smallest absolute Gasteiger partial charge is 0.254 e. The van der Waals surface area contributed by atoms with E-state index in [0.717, 1.165) is 20.9 Å². The lowest BCUT2D eigenvalue weighted by molar-refractivity contribution is 0.0742. The molecule has 0 aliphatic rings. The lowest BCUT2D eigenvalue weighted by atomic mass is 10.1. The first kappa shape index (κ1) is 16.5. The molecule has 2 heterocycles. The Morgan fingerprint density at radius 3 is 2.62 bits per heavy atom. The average molecular weight is 361 g/mol. The topological polar surface area (TPSA) is 38.1 Å². The number of nitrogens with zero attached hydrogens (tertiary/aromatic N) is 3. The number of benzene rings is 2. The van der Waals surface area contributed by atoms with Crippen LogP contribution in [-0.4, -0.2) is 27.4 Å². The number of para-hydroxylation sites is 1. The number of rotatable bonds is 4. The molecule has 1 atom stereocenters. The van der Waals surface area contributed by atoms with Crippen LogP contribution in [0.4, 0.5) is 0 Å². The van der Waals surface area contributed by atoms with E-state index in [0.29, 0.717) is 5.56 Å². The third-order valence-corrected chi connectivity index (χ3v) is 5.77. The second-order valence-corrected chi connectivity index (χ2v) is 7.31. The van der Waals surface area contributed by atoms with E-state index in [1.807, 2.05) is 85.5 Å². The van der Waals surface area contributed by atoms with Crippen molar-refractivity contribution in [2.24, 2.45) is 0 Å². The molecule has 130 valence electrons. The molecule has 0 aliphatic carbocycles. The van der Waals surface area contributed by atoms with Crippen LogP contribution in [0.15, 0.2) is 73.1 Å². The highest BCUT2D eigenvalue weighted by Gasteiger charge is 2.22. The van der Waals surface area contributed by atoms with Crippen LogP contribution in [0.25, 0.3) is 15.9 Å². The van der Waals surface area contributed by atoms with Crippen LogP contribution in [0.3, 0.4) is 0 Å². The Hall–Kier alpha value is -2.92. The predicted molar refractivity (Wildman–Crippen MR) is 106 cm³/mol. The summed E-state index contributed by atoms with van der Waals surface area (Å²) in [5, 5.41) is 0.948. The summed E-state index contributed by atoms with van der Waals surface area (Å²) in [5.74, 6) is -0.00855. The van der Waals surface area contributed by atoms with Crippen molar-refractivity contribution in [1.82, 2.24) is 14.5 Å². The highest BCUT2D eigenvalue weighted by molar-refractivity contribution is 7.18. The third kappa shape index (κ3) is 3.02. The molecule has 0 aliphatic heterocycles. The lowest BCUT2D eigenvalue weighted by Crippen LogP contribution is -2.29. The van der Waals surface area contributed by atoms with Gasteiger partial charge in [-0.1, -0.05) is 18.2 Å². The molecule has 4 aromatic rings. The molecule has 0 radical (unpaired) electrons. The molecule has 5 heteroatoms. The van der Waals surface area contributed by atoms with Gasteiger partial charge in [-0.05, 0) is 49.4 Å². The van der Waals surface area contributed by atoms with E-state index in [-0.39, 0.29) is 11.9 Å². The number of amides is 1.